The van der Waals surface area contributed by atoms with Crippen LogP contribution in [0.15, 0.2) is 30.6 Å². The minimum Gasteiger partial charge on any atom is -0.307 e. The fraction of sp³-hybridized carbons (Fsp3) is 0.385. The molecule has 5 heteroatoms. The fourth-order valence-corrected chi connectivity index (χ4v) is 2.10. The van der Waals surface area contributed by atoms with Gasteiger partial charge in [0.15, 0.2) is 0 Å². The van der Waals surface area contributed by atoms with E-state index in [0.29, 0.717) is 5.02 Å². The molecule has 0 aromatic carbocycles. The Hall–Kier alpha value is -1.39. The lowest BCUT2D eigenvalue weighted by atomic mass is 10.1. The Morgan fingerprint density at radius 1 is 1.39 bits per heavy atom. The molecule has 0 aliphatic rings. The Morgan fingerprint density at radius 2 is 2.22 bits per heavy atom. The number of halogens is 1. The molecule has 4 nitrogen and oxygen atoms in total. The molecular weight excluding hydrogens is 248 g/mol. The Morgan fingerprint density at radius 3 is 2.83 bits per heavy atom. The van der Waals surface area contributed by atoms with Gasteiger partial charge in [0.1, 0.15) is 0 Å². The zero-order chi connectivity index (χ0) is 13.0. The first-order chi connectivity index (χ1) is 8.76. The average Bonchev–Trinajstić information content (AvgIpc) is 2.82. The highest BCUT2D eigenvalue weighted by atomic mass is 35.5. The van der Waals surface area contributed by atoms with E-state index >= 15 is 0 Å². The third kappa shape index (κ3) is 2.71. The van der Waals surface area contributed by atoms with Crippen LogP contribution in [0.5, 0.6) is 0 Å². The lowest BCUT2D eigenvalue weighted by molar-refractivity contribution is 0.529. The molecule has 0 radical (unpaired) electrons. The first-order valence-corrected chi connectivity index (χ1v) is 6.44. The van der Waals surface area contributed by atoms with Crippen molar-refractivity contribution in [2.45, 2.75) is 25.9 Å². The van der Waals surface area contributed by atoms with Crippen LogP contribution in [0.2, 0.25) is 5.02 Å². The Labute approximate surface area is 112 Å². The van der Waals surface area contributed by atoms with Crippen LogP contribution in [0.4, 0.5) is 0 Å². The highest BCUT2D eigenvalue weighted by Crippen LogP contribution is 2.21. The second-order valence-electron chi connectivity index (χ2n) is 4.10. The molecule has 96 valence electrons. The Kier molecular flexibility index (Phi) is 4.33. The SMILES string of the molecule is CCCn1nccc1C(NC)c1ccc(Cl)cn1. The van der Waals surface area contributed by atoms with Gasteiger partial charge in [-0.1, -0.05) is 18.5 Å². The van der Waals surface area contributed by atoms with E-state index in [9.17, 15) is 0 Å². The highest BCUT2D eigenvalue weighted by Gasteiger charge is 2.17. The Balaban J connectivity index is 2.32. The molecular formula is C13H17ClN4. The van der Waals surface area contributed by atoms with Gasteiger partial charge in [0.05, 0.1) is 22.5 Å². The van der Waals surface area contributed by atoms with Crippen LogP contribution in [0.25, 0.3) is 0 Å². The van der Waals surface area contributed by atoms with Gasteiger partial charge in [0, 0.05) is 18.9 Å². The van der Waals surface area contributed by atoms with Gasteiger partial charge in [-0.15, -0.1) is 0 Å². The summed E-state index contributed by atoms with van der Waals surface area (Å²) in [4.78, 5) is 4.37. The highest BCUT2D eigenvalue weighted by molar-refractivity contribution is 6.30. The van der Waals surface area contributed by atoms with Gasteiger partial charge < -0.3 is 5.32 Å². The lowest BCUT2D eigenvalue weighted by Gasteiger charge is -2.17. The van der Waals surface area contributed by atoms with Crippen molar-refractivity contribution < 1.29 is 0 Å². The summed E-state index contributed by atoms with van der Waals surface area (Å²) in [5.41, 5.74) is 2.06. The summed E-state index contributed by atoms with van der Waals surface area (Å²) in [6, 6.07) is 5.85. The summed E-state index contributed by atoms with van der Waals surface area (Å²) in [6.07, 6.45) is 4.55. The van der Waals surface area contributed by atoms with E-state index in [0.717, 1.165) is 24.4 Å². The smallest absolute Gasteiger partial charge is 0.0919 e. The van der Waals surface area contributed by atoms with Gasteiger partial charge in [-0.05, 0) is 31.7 Å². The van der Waals surface area contributed by atoms with E-state index in [2.05, 4.69) is 22.3 Å². The first-order valence-electron chi connectivity index (χ1n) is 6.06. The summed E-state index contributed by atoms with van der Waals surface area (Å²) in [7, 11) is 1.92. The molecule has 2 aromatic heterocycles. The number of aromatic nitrogens is 3. The summed E-state index contributed by atoms with van der Waals surface area (Å²) >= 11 is 5.86. The van der Waals surface area contributed by atoms with Crippen molar-refractivity contribution in [3.05, 3.63) is 47.0 Å². The van der Waals surface area contributed by atoms with E-state index in [4.69, 9.17) is 11.6 Å². The summed E-state index contributed by atoms with van der Waals surface area (Å²) in [5.74, 6) is 0. The van der Waals surface area contributed by atoms with E-state index in [-0.39, 0.29) is 6.04 Å². The second-order valence-corrected chi connectivity index (χ2v) is 4.54. The van der Waals surface area contributed by atoms with Crippen LogP contribution in [-0.4, -0.2) is 21.8 Å². The number of hydrogen-bond donors (Lipinski definition) is 1. The quantitative estimate of drug-likeness (QED) is 0.903. The summed E-state index contributed by atoms with van der Waals surface area (Å²) in [5, 5.41) is 8.26. The molecule has 0 spiro atoms. The monoisotopic (exact) mass is 264 g/mol. The van der Waals surface area contributed by atoms with E-state index in [1.165, 1.54) is 0 Å². The largest absolute Gasteiger partial charge is 0.307 e. The molecule has 0 aliphatic carbocycles. The standard InChI is InChI=1S/C13H17ClN4/c1-3-8-18-12(6-7-17-18)13(15-2)11-5-4-10(14)9-16-11/h4-7,9,13,15H,3,8H2,1-2H3. The normalized spacial score (nSPS) is 12.6. The fourth-order valence-electron chi connectivity index (χ4n) is 1.99. The van der Waals surface area contributed by atoms with Crippen LogP contribution in [-0.2, 0) is 6.54 Å². The topological polar surface area (TPSA) is 42.7 Å². The molecule has 0 aliphatic heterocycles. The van der Waals surface area contributed by atoms with E-state index in [1.54, 1.807) is 6.20 Å². The predicted molar refractivity (Wildman–Crippen MR) is 72.7 cm³/mol. The van der Waals surface area contributed by atoms with Crippen LogP contribution < -0.4 is 5.32 Å². The summed E-state index contributed by atoms with van der Waals surface area (Å²) < 4.78 is 2.01. The maximum absolute atomic E-state index is 5.86. The van der Waals surface area contributed by atoms with Crippen molar-refractivity contribution in [2.24, 2.45) is 0 Å². The minimum atomic E-state index is 0.0383. The molecule has 2 aromatic rings. The number of nitrogens with zero attached hydrogens (tertiary/aromatic N) is 3. The third-order valence-electron chi connectivity index (χ3n) is 2.82. The number of hydrogen-bond acceptors (Lipinski definition) is 3. The van der Waals surface area contributed by atoms with Crippen molar-refractivity contribution >= 4 is 11.6 Å². The second kappa shape index (κ2) is 5.98. The molecule has 18 heavy (non-hydrogen) atoms. The zero-order valence-electron chi connectivity index (χ0n) is 10.6. The van der Waals surface area contributed by atoms with Crippen LogP contribution >= 0.6 is 11.6 Å². The molecule has 2 rings (SSSR count). The molecule has 0 saturated carbocycles. The van der Waals surface area contributed by atoms with Gasteiger partial charge in [-0.2, -0.15) is 5.10 Å². The third-order valence-corrected chi connectivity index (χ3v) is 3.04. The van der Waals surface area contributed by atoms with E-state index < -0.39 is 0 Å². The molecule has 1 unspecified atom stereocenters. The number of aryl methyl sites for hydroxylation is 1. The maximum atomic E-state index is 5.86. The molecule has 0 amide bonds. The molecule has 0 saturated heterocycles. The first kappa shape index (κ1) is 13.1. The van der Waals surface area contributed by atoms with E-state index in [1.807, 2.05) is 36.1 Å². The molecule has 1 atom stereocenters. The van der Waals surface area contributed by atoms with Crippen LogP contribution in [0, 0.1) is 0 Å². The van der Waals surface area contributed by atoms with Gasteiger partial charge >= 0.3 is 0 Å². The Bertz CT molecular complexity index is 492. The molecule has 2 heterocycles. The summed E-state index contributed by atoms with van der Waals surface area (Å²) in [6.45, 7) is 3.05. The minimum absolute atomic E-state index is 0.0383. The zero-order valence-corrected chi connectivity index (χ0v) is 11.4. The maximum Gasteiger partial charge on any atom is 0.0919 e. The predicted octanol–water partition coefficient (Wildman–Crippen LogP) is 2.65. The van der Waals surface area contributed by atoms with Gasteiger partial charge in [-0.25, -0.2) is 0 Å². The van der Waals surface area contributed by atoms with Crippen molar-refractivity contribution in [1.29, 1.82) is 0 Å². The van der Waals surface area contributed by atoms with Crippen molar-refractivity contribution in [2.75, 3.05) is 7.05 Å². The molecule has 0 bridgehead atoms. The van der Waals surface area contributed by atoms with Crippen LogP contribution in [0.1, 0.15) is 30.8 Å². The van der Waals surface area contributed by atoms with Crippen molar-refractivity contribution in [3.8, 4) is 0 Å². The van der Waals surface area contributed by atoms with Crippen LogP contribution in [0.3, 0.4) is 0 Å². The average molecular weight is 265 g/mol. The molecule has 1 N–H and O–H groups in total. The van der Waals surface area contributed by atoms with Crippen molar-refractivity contribution in [3.63, 3.8) is 0 Å². The number of rotatable bonds is 5. The number of nitrogens with one attached hydrogen (secondary N) is 1. The van der Waals surface area contributed by atoms with Gasteiger partial charge in [-0.3, -0.25) is 9.67 Å². The van der Waals surface area contributed by atoms with Gasteiger partial charge in [0.2, 0.25) is 0 Å². The van der Waals surface area contributed by atoms with Gasteiger partial charge in [0.25, 0.3) is 0 Å². The molecule has 0 fully saturated rings. The lowest BCUT2D eigenvalue weighted by Crippen LogP contribution is -2.22. The van der Waals surface area contributed by atoms with Crippen molar-refractivity contribution in [1.82, 2.24) is 20.1 Å². The number of pyridine rings is 1.